The molecule has 0 bridgehead atoms. The molecule has 20 heavy (non-hydrogen) atoms. The van der Waals surface area contributed by atoms with E-state index < -0.39 is 0 Å². The molecule has 0 aliphatic carbocycles. The highest BCUT2D eigenvalue weighted by atomic mass is 79.9. The fraction of sp³-hybridized carbons (Fsp3) is 0.562. The summed E-state index contributed by atoms with van der Waals surface area (Å²) in [5, 5.41) is 4.11. The summed E-state index contributed by atoms with van der Waals surface area (Å²) in [7, 11) is 0. The summed E-state index contributed by atoms with van der Waals surface area (Å²) in [6.07, 6.45) is 3.60. The molecule has 1 aromatic carbocycles. The van der Waals surface area contributed by atoms with Crippen LogP contribution in [0.4, 0.5) is 0 Å². The van der Waals surface area contributed by atoms with Crippen molar-refractivity contribution in [1.82, 2.24) is 5.32 Å². The molecular weight excluding hydrogens is 318 g/mol. The van der Waals surface area contributed by atoms with Crippen LogP contribution >= 0.6 is 15.9 Å². The molecule has 4 heteroatoms. The Kier molecular flexibility index (Phi) is 6.54. The molecule has 1 aliphatic heterocycles. The van der Waals surface area contributed by atoms with Crippen LogP contribution in [0.5, 0.6) is 0 Å². The van der Waals surface area contributed by atoms with E-state index in [-0.39, 0.29) is 18.0 Å². The Morgan fingerprint density at radius 2 is 2.20 bits per heavy atom. The first kappa shape index (κ1) is 15.5. The second-order valence-electron chi connectivity index (χ2n) is 5.27. The lowest BCUT2D eigenvalue weighted by Crippen LogP contribution is -2.37. The Morgan fingerprint density at radius 3 is 2.85 bits per heavy atom. The molecule has 1 heterocycles. The van der Waals surface area contributed by atoms with E-state index in [9.17, 15) is 4.79 Å². The third-order valence-electron chi connectivity index (χ3n) is 3.65. The number of benzene rings is 1. The molecule has 1 saturated heterocycles. The molecule has 0 radical (unpaired) electrons. The zero-order chi connectivity index (χ0) is 14.2. The van der Waals surface area contributed by atoms with Crippen molar-refractivity contribution < 1.29 is 9.53 Å². The van der Waals surface area contributed by atoms with Crippen molar-refractivity contribution in [2.24, 2.45) is 5.92 Å². The number of hydrogen-bond donors (Lipinski definition) is 1. The molecule has 0 spiro atoms. The van der Waals surface area contributed by atoms with E-state index in [4.69, 9.17) is 4.74 Å². The second-order valence-corrected chi connectivity index (χ2v) is 6.06. The molecule has 1 aromatic rings. The van der Waals surface area contributed by atoms with E-state index in [2.05, 4.69) is 33.4 Å². The number of esters is 1. The summed E-state index contributed by atoms with van der Waals surface area (Å²) in [5.41, 5.74) is 1.22. The van der Waals surface area contributed by atoms with Crippen molar-refractivity contribution in [2.75, 3.05) is 18.4 Å². The lowest BCUT2D eigenvalue weighted by molar-refractivity contribution is -0.154. The van der Waals surface area contributed by atoms with E-state index in [0.717, 1.165) is 44.1 Å². The zero-order valence-electron chi connectivity index (χ0n) is 11.7. The molecule has 2 atom stereocenters. The molecule has 1 N–H and O–H groups in total. The van der Waals surface area contributed by atoms with Crippen LogP contribution in [0.25, 0.3) is 0 Å². The van der Waals surface area contributed by atoms with Crippen LogP contribution in [0.15, 0.2) is 30.3 Å². The maximum Gasteiger partial charge on any atom is 0.310 e. The Labute approximate surface area is 129 Å². The Balaban J connectivity index is 1.89. The van der Waals surface area contributed by atoms with Gasteiger partial charge in [0.1, 0.15) is 6.10 Å². The first-order valence-electron chi connectivity index (χ1n) is 7.30. The van der Waals surface area contributed by atoms with Gasteiger partial charge in [-0.25, -0.2) is 0 Å². The van der Waals surface area contributed by atoms with E-state index in [1.807, 2.05) is 18.2 Å². The van der Waals surface area contributed by atoms with Gasteiger partial charge in [0.2, 0.25) is 0 Å². The van der Waals surface area contributed by atoms with Gasteiger partial charge in [0.15, 0.2) is 0 Å². The molecule has 0 saturated carbocycles. The quantitative estimate of drug-likeness (QED) is 0.639. The van der Waals surface area contributed by atoms with Gasteiger partial charge in [-0.05, 0) is 31.4 Å². The maximum absolute atomic E-state index is 12.2. The first-order chi connectivity index (χ1) is 9.79. The number of ether oxygens (including phenoxy) is 1. The predicted molar refractivity (Wildman–Crippen MR) is 84.0 cm³/mol. The standard InChI is InChI=1S/C16H22BrNO2/c17-9-8-15(11-13-5-2-1-3-6-13)20-16(19)14-7-4-10-18-12-14/h1-3,5-6,14-15,18H,4,7-12H2. The summed E-state index contributed by atoms with van der Waals surface area (Å²) < 4.78 is 5.73. The van der Waals surface area contributed by atoms with Crippen LogP contribution in [-0.4, -0.2) is 30.5 Å². The number of carbonyl (C=O) groups is 1. The van der Waals surface area contributed by atoms with Crippen LogP contribution in [0.2, 0.25) is 0 Å². The van der Waals surface area contributed by atoms with E-state index in [0.29, 0.717) is 0 Å². The number of alkyl halides is 1. The summed E-state index contributed by atoms with van der Waals surface area (Å²) in [6, 6.07) is 10.2. The Hall–Kier alpha value is -0.870. The molecule has 110 valence electrons. The van der Waals surface area contributed by atoms with Crippen molar-refractivity contribution in [1.29, 1.82) is 0 Å². The minimum atomic E-state index is -0.0425. The van der Waals surface area contributed by atoms with Gasteiger partial charge in [0.05, 0.1) is 5.92 Å². The van der Waals surface area contributed by atoms with Gasteiger partial charge in [-0.3, -0.25) is 4.79 Å². The zero-order valence-corrected chi connectivity index (χ0v) is 13.3. The van der Waals surface area contributed by atoms with Gasteiger partial charge in [-0.1, -0.05) is 46.3 Å². The van der Waals surface area contributed by atoms with Crippen LogP contribution in [-0.2, 0) is 16.0 Å². The molecule has 0 amide bonds. The fourth-order valence-corrected chi connectivity index (χ4v) is 3.03. The normalized spacial score (nSPS) is 20.4. The van der Waals surface area contributed by atoms with Gasteiger partial charge in [0.25, 0.3) is 0 Å². The lowest BCUT2D eigenvalue weighted by Gasteiger charge is -2.24. The minimum absolute atomic E-state index is 0.0253. The molecule has 2 unspecified atom stereocenters. The van der Waals surface area contributed by atoms with Crippen LogP contribution < -0.4 is 5.32 Å². The molecular formula is C16H22BrNO2. The van der Waals surface area contributed by atoms with Gasteiger partial charge < -0.3 is 10.1 Å². The maximum atomic E-state index is 12.2. The summed E-state index contributed by atoms with van der Waals surface area (Å²) in [5.74, 6) is -0.0172. The van der Waals surface area contributed by atoms with Crippen molar-refractivity contribution >= 4 is 21.9 Å². The van der Waals surface area contributed by atoms with Crippen molar-refractivity contribution in [2.45, 2.75) is 31.8 Å². The van der Waals surface area contributed by atoms with Crippen LogP contribution in [0.1, 0.15) is 24.8 Å². The fourth-order valence-electron chi connectivity index (χ4n) is 2.51. The number of halogens is 1. The minimum Gasteiger partial charge on any atom is -0.462 e. The number of carbonyl (C=O) groups excluding carboxylic acids is 1. The summed E-state index contributed by atoms with van der Waals surface area (Å²) >= 11 is 3.45. The molecule has 0 aromatic heterocycles. The highest BCUT2D eigenvalue weighted by Gasteiger charge is 2.25. The average molecular weight is 340 g/mol. The molecule has 1 aliphatic rings. The number of hydrogen-bond acceptors (Lipinski definition) is 3. The van der Waals surface area contributed by atoms with Gasteiger partial charge in [-0.15, -0.1) is 0 Å². The topological polar surface area (TPSA) is 38.3 Å². The van der Waals surface area contributed by atoms with Crippen molar-refractivity contribution in [3.8, 4) is 0 Å². The van der Waals surface area contributed by atoms with Crippen molar-refractivity contribution in [3.63, 3.8) is 0 Å². The van der Waals surface area contributed by atoms with E-state index in [1.165, 1.54) is 5.56 Å². The van der Waals surface area contributed by atoms with Crippen LogP contribution in [0.3, 0.4) is 0 Å². The lowest BCUT2D eigenvalue weighted by atomic mass is 9.99. The summed E-state index contributed by atoms with van der Waals surface area (Å²) in [6.45, 7) is 1.77. The predicted octanol–water partition coefficient (Wildman–Crippen LogP) is 2.93. The van der Waals surface area contributed by atoms with E-state index in [1.54, 1.807) is 0 Å². The number of nitrogens with one attached hydrogen (secondary N) is 1. The Bertz CT molecular complexity index is 404. The number of piperidine rings is 1. The molecule has 1 fully saturated rings. The monoisotopic (exact) mass is 339 g/mol. The number of rotatable bonds is 6. The molecule has 2 rings (SSSR count). The third-order valence-corrected chi connectivity index (χ3v) is 4.11. The van der Waals surface area contributed by atoms with Crippen LogP contribution in [0, 0.1) is 5.92 Å². The SMILES string of the molecule is O=C(OC(CCBr)Cc1ccccc1)C1CCCNC1. The Morgan fingerprint density at radius 1 is 1.40 bits per heavy atom. The van der Waals surface area contributed by atoms with E-state index >= 15 is 0 Å². The highest BCUT2D eigenvalue weighted by Crippen LogP contribution is 2.16. The largest absolute Gasteiger partial charge is 0.462 e. The van der Waals surface area contributed by atoms with Crippen molar-refractivity contribution in [3.05, 3.63) is 35.9 Å². The average Bonchev–Trinajstić information content (AvgIpc) is 2.49. The van der Waals surface area contributed by atoms with Gasteiger partial charge >= 0.3 is 5.97 Å². The van der Waals surface area contributed by atoms with Gasteiger partial charge in [0, 0.05) is 18.3 Å². The highest BCUT2D eigenvalue weighted by molar-refractivity contribution is 9.09. The molecule has 3 nitrogen and oxygen atoms in total. The smallest absolute Gasteiger partial charge is 0.310 e. The summed E-state index contributed by atoms with van der Waals surface area (Å²) in [4.78, 5) is 12.2. The third kappa shape index (κ3) is 4.91. The second kappa shape index (κ2) is 8.42. The first-order valence-corrected chi connectivity index (χ1v) is 8.43. The van der Waals surface area contributed by atoms with Gasteiger partial charge in [-0.2, -0.15) is 0 Å².